The van der Waals surface area contributed by atoms with Gasteiger partial charge in [0.1, 0.15) is 24.5 Å². The summed E-state index contributed by atoms with van der Waals surface area (Å²) in [6, 6.07) is 7.34. The molecule has 0 bridgehead atoms. The van der Waals surface area contributed by atoms with Gasteiger partial charge < -0.3 is 20.1 Å². The summed E-state index contributed by atoms with van der Waals surface area (Å²) in [5.74, 6) is 0. The smallest absolute Gasteiger partial charge is 0.350 e. The Morgan fingerprint density at radius 2 is 1.84 bits per heavy atom. The summed E-state index contributed by atoms with van der Waals surface area (Å²) in [6.07, 6.45) is -4.19. The first-order valence-electron chi connectivity index (χ1n) is 7.79. The van der Waals surface area contributed by atoms with Crippen LogP contribution >= 0.6 is 0 Å². The van der Waals surface area contributed by atoms with E-state index in [4.69, 9.17) is 9.84 Å². The van der Waals surface area contributed by atoms with Crippen LogP contribution in [-0.4, -0.2) is 54.6 Å². The van der Waals surface area contributed by atoms with Crippen molar-refractivity contribution < 1.29 is 20.1 Å². The van der Waals surface area contributed by atoms with Crippen molar-refractivity contribution in [3.63, 3.8) is 0 Å². The zero-order valence-corrected chi connectivity index (χ0v) is 13.5. The molecule has 0 radical (unpaired) electrons. The quantitative estimate of drug-likeness (QED) is 0.605. The van der Waals surface area contributed by atoms with Gasteiger partial charge in [0.05, 0.1) is 13.2 Å². The maximum Gasteiger partial charge on any atom is 0.350 e. The van der Waals surface area contributed by atoms with Gasteiger partial charge in [-0.25, -0.2) is 4.79 Å². The predicted molar refractivity (Wildman–Crippen MR) is 86.0 cm³/mol. The standard InChI is InChI=1S/C16H19N3O6/c1-9-2-4-10(5-3-9)7-18-12(21)6-17-19(16(18)24)15-14(23)13(22)11(8-20)25-15/h2-6,11,13-15,20,22-23H,7-8H2,1H3/t11-,13-,14-,15-/m1/s1. The molecule has 25 heavy (non-hydrogen) atoms. The number of hydrogen-bond donors (Lipinski definition) is 3. The van der Waals surface area contributed by atoms with E-state index < -0.39 is 42.4 Å². The molecule has 9 heteroatoms. The van der Waals surface area contributed by atoms with Crippen LogP contribution in [0.5, 0.6) is 0 Å². The molecule has 134 valence electrons. The molecule has 1 fully saturated rings. The fraction of sp³-hybridized carbons (Fsp3) is 0.438. The molecule has 1 saturated heterocycles. The van der Waals surface area contributed by atoms with E-state index in [-0.39, 0.29) is 6.54 Å². The zero-order valence-electron chi connectivity index (χ0n) is 13.5. The van der Waals surface area contributed by atoms with Gasteiger partial charge in [0.25, 0.3) is 5.56 Å². The number of aliphatic hydroxyl groups excluding tert-OH is 3. The first-order chi connectivity index (χ1) is 11.9. The molecule has 0 amide bonds. The first-order valence-corrected chi connectivity index (χ1v) is 7.79. The van der Waals surface area contributed by atoms with Gasteiger partial charge in [-0.1, -0.05) is 29.8 Å². The van der Waals surface area contributed by atoms with Crippen molar-refractivity contribution in [3.05, 3.63) is 62.4 Å². The van der Waals surface area contributed by atoms with Crippen LogP contribution < -0.4 is 11.2 Å². The summed E-state index contributed by atoms with van der Waals surface area (Å²) < 4.78 is 7.07. The van der Waals surface area contributed by atoms with E-state index in [0.717, 1.165) is 26.6 Å². The summed E-state index contributed by atoms with van der Waals surface area (Å²) in [7, 11) is 0. The molecule has 0 saturated carbocycles. The first kappa shape index (κ1) is 17.5. The molecule has 3 N–H and O–H groups in total. The Labute approximate surface area is 142 Å². The second kappa shape index (κ2) is 6.89. The second-order valence-electron chi connectivity index (χ2n) is 6.01. The Kier molecular flexibility index (Phi) is 4.82. The van der Waals surface area contributed by atoms with E-state index >= 15 is 0 Å². The van der Waals surface area contributed by atoms with Gasteiger partial charge in [0, 0.05) is 0 Å². The fourth-order valence-corrected chi connectivity index (χ4v) is 2.73. The molecule has 0 aliphatic carbocycles. The average Bonchev–Trinajstić information content (AvgIpc) is 2.88. The van der Waals surface area contributed by atoms with Gasteiger partial charge in [0.15, 0.2) is 6.23 Å². The van der Waals surface area contributed by atoms with Crippen LogP contribution in [0.1, 0.15) is 17.4 Å². The minimum absolute atomic E-state index is 0.0370. The topological polar surface area (TPSA) is 127 Å². The molecule has 1 aromatic carbocycles. The van der Waals surface area contributed by atoms with Gasteiger partial charge in [-0.15, -0.1) is 0 Å². The average molecular weight is 349 g/mol. The largest absolute Gasteiger partial charge is 0.394 e. The third-order valence-electron chi connectivity index (χ3n) is 4.20. The number of hydrogen-bond acceptors (Lipinski definition) is 7. The van der Waals surface area contributed by atoms with Crippen LogP contribution in [0, 0.1) is 6.92 Å². The molecule has 3 rings (SSSR count). The lowest BCUT2D eigenvalue weighted by Crippen LogP contribution is -2.45. The highest BCUT2D eigenvalue weighted by Gasteiger charge is 2.44. The Morgan fingerprint density at radius 3 is 2.44 bits per heavy atom. The lowest BCUT2D eigenvalue weighted by atomic mass is 10.1. The van der Waals surface area contributed by atoms with Crippen molar-refractivity contribution in [1.82, 2.24) is 14.3 Å². The van der Waals surface area contributed by atoms with Crippen molar-refractivity contribution in [2.75, 3.05) is 6.61 Å². The Bertz CT molecular complexity index is 859. The molecule has 1 aromatic heterocycles. The van der Waals surface area contributed by atoms with Crippen LogP contribution in [-0.2, 0) is 11.3 Å². The van der Waals surface area contributed by atoms with Crippen LogP contribution in [0.25, 0.3) is 0 Å². The number of aromatic nitrogens is 3. The van der Waals surface area contributed by atoms with E-state index in [2.05, 4.69) is 5.10 Å². The molecule has 4 atom stereocenters. The van der Waals surface area contributed by atoms with Crippen molar-refractivity contribution in [1.29, 1.82) is 0 Å². The SMILES string of the molecule is Cc1ccc(Cn2c(=O)cnn([C@@H]3O[C@H](CO)[C@@H](O)[C@H]3O)c2=O)cc1. The lowest BCUT2D eigenvalue weighted by molar-refractivity contribution is -0.0624. The van der Waals surface area contributed by atoms with Gasteiger partial charge in [0.2, 0.25) is 0 Å². The van der Waals surface area contributed by atoms with Crippen molar-refractivity contribution >= 4 is 0 Å². The minimum atomic E-state index is -1.45. The Morgan fingerprint density at radius 1 is 1.16 bits per heavy atom. The third-order valence-corrected chi connectivity index (χ3v) is 4.20. The summed E-state index contributed by atoms with van der Waals surface area (Å²) in [5, 5.41) is 32.7. The van der Waals surface area contributed by atoms with Crippen molar-refractivity contribution in [3.8, 4) is 0 Å². The third kappa shape index (κ3) is 3.27. The molecule has 2 aromatic rings. The summed E-state index contributed by atoms with van der Waals surface area (Å²) in [4.78, 5) is 24.7. The molecule has 2 heterocycles. The monoisotopic (exact) mass is 349 g/mol. The second-order valence-corrected chi connectivity index (χ2v) is 6.01. The maximum absolute atomic E-state index is 12.6. The normalized spacial score (nSPS) is 26.1. The van der Waals surface area contributed by atoms with E-state index in [0.29, 0.717) is 0 Å². The number of rotatable bonds is 4. The number of aryl methyl sites for hydroxylation is 1. The Balaban J connectivity index is 1.97. The van der Waals surface area contributed by atoms with Crippen molar-refractivity contribution in [2.45, 2.75) is 38.0 Å². The number of ether oxygens (including phenoxy) is 1. The zero-order chi connectivity index (χ0) is 18.1. The van der Waals surface area contributed by atoms with Crippen LogP contribution in [0.2, 0.25) is 0 Å². The Hall–Kier alpha value is -2.33. The highest BCUT2D eigenvalue weighted by atomic mass is 16.6. The summed E-state index contributed by atoms with van der Waals surface area (Å²) in [6.45, 7) is 1.44. The van der Waals surface area contributed by atoms with Gasteiger partial charge in [-0.3, -0.25) is 9.36 Å². The fourth-order valence-electron chi connectivity index (χ4n) is 2.73. The van der Waals surface area contributed by atoms with Crippen LogP contribution in [0.3, 0.4) is 0 Å². The van der Waals surface area contributed by atoms with E-state index in [1.54, 1.807) is 12.1 Å². The maximum atomic E-state index is 12.6. The highest BCUT2D eigenvalue weighted by molar-refractivity contribution is 5.21. The highest BCUT2D eigenvalue weighted by Crippen LogP contribution is 2.27. The lowest BCUT2D eigenvalue weighted by Gasteiger charge is -2.17. The van der Waals surface area contributed by atoms with Crippen LogP contribution in [0.4, 0.5) is 0 Å². The van der Waals surface area contributed by atoms with Gasteiger partial charge >= 0.3 is 5.69 Å². The van der Waals surface area contributed by atoms with E-state index in [9.17, 15) is 19.8 Å². The van der Waals surface area contributed by atoms with E-state index in [1.165, 1.54) is 0 Å². The van der Waals surface area contributed by atoms with Gasteiger partial charge in [-0.05, 0) is 12.5 Å². The molecule has 1 aliphatic rings. The summed E-state index contributed by atoms with van der Waals surface area (Å²) >= 11 is 0. The molecule has 0 unspecified atom stereocenters. The summed E-state index contributed by atoms with van der Waals surface area (Å²) in [5.41, 5.74) is 0.440. The van der Waals surface area contributed by atoms with E-state index in [1.807, 2.05) is 19.1 Å². The minimum Gasteiger partial charge on any atom is -0.394 e. The molecule has 9 nitrogen and oxygen atoms in total. The van der Waals surface area contributed by atoms with Gasteiger partial charge in [-0.2, -0.15) is 9.78 Å². The van der Waals surface area contributed by atoms with Crippen molar-refractivity contribution in [2.24, 2.45) is 0 Å². The molecule has 1 aliphatic heterocycles. The molecular weight excluding hydrogens is 330 g/mol. The number of benzene rings is 1. The predicted octanol–water partition coefficient (Wildman–Crippen LogP) is -1.63. The molecule has 0 spiro atoms. The number of aliphatic hydroxyl groups is 3. The molecular formula is C16H19N3O6. The number of nitrogens with zero attached hydrogens (tertiary/aromatic N) is 3. The van der Waals surface area contributed by atoms with Crippen LogP contribution in [0.15, 0.2) is 40.1 Å².